The Balaban J connectivity index is 1.77. The van der Waals surface area contributed by atoms with E-state index >= 15 is 0 Å². The molecule has 3 aromatic rings. The van der Waals surface area contributed by atoms with Gasteiger partial charge in [0.05, 0.1) is 18.0 Å². The normalized spacial score (nSPS) is 14.0. The van der Waals surface area contributed by atoms with E-state index in [9.17, 15) is 17.6 Å². The number of nitrogens with zero attached hydrogens (tertiary/aromatic N) is 1. The molecule has 4 N–H and O–H groups in total. The molecule has 9 heteroatoms. The lowest BCUT2D eigenvalue weighted by Crippen LogP contribution is -2.47. The zero-order valence-corrected chi connectivity index (χ0v) is 22.5. The van der Waals surface area contributed by atoms with Crippen molar-refractivity contribution in [3.63, 3.8) is 0 Å². The molecule has 7 nitrogen and oxygen atoms in total. The molecular weight excluding hydrogens is 491 g/mol. The lowest BCUT2D eigenvalue weighted by atomic mass is 9.94. The fourth-order valence-electron chi connectivity index (χ4n) is 4.01. The molecule has 3 aromatic carbocycles. The zero-order valence-electron chi connectivity index (χ0n) is 21.7. The van der Waals surface area contributed by atoms with Crippen molar-refractivity contribution < 1.29 is 17.6 Å². The van der Waals surface area contributed by atoms with Crippen LogP contribution in [-0.2, 0) is 23.0 Å². The van der Waals surface area contributed by atoms with Gasteiger partial charge >= 0.3 is 0 Å². The van der Waals surface area contributed by atoms with Crippen LogP contribution in [0.25, 0.3) is 0 Å². The number of halogens is 1. The number of hydrogen-bond donors (Lipinski definition) is 3. The minimum absolute atomic E-state index is 0.318. The van der Waals surface area contributed by atoms with Gasteiger partial charge in [0.1, 0.15) is 5.82 Å². The summed E-state index contributed by atoms with van der Waals surface area (Å²) in [6, 6.07) is 20.5. The lowest BCUT2D eigenvalue weighted by molar-refractivity contribution is 0.0939. The lowest BCUT2D eigenvalue weighted by Gasteiger charge is -2.26. The van der Waals surface area contributed by atoms with Gasteiger partial charge in [-0.3, -0.25) is 9.10 Å². The molecule has 1 unspecified atom stereocenters. The predicted octanol–water partition coefficient (Wildman–Crippen LogP) is 3.76. The quantitative estimate of drug-likeness (QED) is 0.353. The van der Waals surface area contributed by atoms with Crippen LogP contribution < -0.4 is 20.7 Å². The van der Waals surface area contributed by atoms with E-state index in [-0.39, 0.29) is 17.8 Å². The van der Waals surface area contributed by atoms with Gasteiger partial charge in [-0.25, -0.2) is 12.8 Å². The highest BCUT2D eigenvalue weighted by Crippen LogP contribution is 2.22. The van der Waals surface area contributed by atoms with Crippen molar-refractivity contribution in [1.82, 2.24) is 10.6 Å². The minimum atomic E-state index is -3.54. The number of rotatable bonds is 11. The first-order chi connectivity index (χ1) is 17.3. The first-order valence-electron chi connectivity index (χ1n) is 12.0. The maximum absolute atomic E-state index is 13.3. The highest BCUT2D eigenvalue weighted by atomic mass is 32.2. The summed E-state index contributed by atoms with van der Waals surface area (Å²) in [5.74, 6) is -0.720. The molecule has 0 saturated carbocycles. The molecule has 0 spiro atoms. The molecule has 0 fully saturated rings. The van der Waals surface area contributed by atoms with Crippen molar-refractivity contribution in [3.8, 4) is 0 Å². The molecule has 2 atom stereocenters. The van der Waals surface area contributed by atoms with Crippen LogP contribution in [0.1, 0.15) is 46.9 Å². The van der Waals surface area contributed by atoms with E-state index in [4.69, 9.17) is 5.73 Å². The summed E-state index contributed by atoms with van der Waals surface area (Å²) in [6.45, 7) is 4.67. The Morgan fingerprint density at radius 3 is 2.32 bits per heavy atom. The summed E-state index contributed by atoms with van der Waals surface area (Å²) in [6.07, 6.45) is 1.80. The Morgan fingerprint density at radius 2 is 1.70 bits per heavy atom. The molecule has 0 saturated heterocycles. The van der Waals surface area contributed by atoms with Crippen LogP contribution >= 0.6 is 0 Å². The maximum Gasteiger partial charge on any atom is 0.251 e. The summed E-state index contributed by atoms with van der Waals surface area (Å²) in [7, 11) is -2.09. The van der Waals surface area contributed by atoms with Crippen molar-refractivity contribution in [2.45, 2.75) is 38.4 Å². The number of anilines is 1. The molecule has 0 heterocycles. The Labute approximate surface area is 218 Å². The van der Waals surface area contributed by atoms with E-state index in [1.165, 1.54) is 19.2 Å². The molecule has 0 aliphatic heterocycles. The second-order valence-corrected chi connectivity index (χ2v) is 11.8. The highest BCUT2D eigenvalue weighted by Gasteiger charge is 2.20. The maximum atomic E-state index is 13.3. The van der Waals surface area contributed by atoms with E-state index in [1.807, 2.05) is 37.3 Å². The van der Waals surface area contributed by atoms with Crippen LogP contribution in [0.3, 0.4) is 0 Å². The first-order valence-corrected chi connectivity index (χ1v) is 13.9. The average Bonchev–Trinajstić information content (AvgIpc) is 2.83. The Bertz CT molecular complexity index is 1310. The number of nitrogens with one attached hydrogen (secondary N) is 2. The second kappa shape index (κ2) is 11.9. The molecule has 0 aromatic heterocycles. The van der Waals surface area contributed by atoms with Gasteiger partial charge in [-0.15, -0.1) is 0 Å². The van der Waals surface area contributed by atoms with Gasteiger partial charge in [0.15, 0.2) is 0 Å². The number of carbonyl (C=O) groups excluding carboxylic acids is 1. The van der Waals surface area contributed by atoms with Crippen LogP contribution in [0.4, 0.5) is 10.1 Å². The van der Waals surface area contributed by atoms with Gasteiger partial charge in [0, 0.05) is 31.2 Å². The Morgan fingerprint density at radius 1 is 1.05 bits per heavy atom. The molecule has 198 valence electrons. The monoisotopic (exact) mass is 526 g/mol. The fourth-order valence-corrected chi connectivity index (χ4v) is 4.50. The van der Waals surface area contributed by atoms with Crippen LogP contribution in [0.2, 0.25) is 0 Å². The van der Waals surface area contributed by atoms with Gasteiger partial charge in [-0.05, 0) is 67.3 Å². The van der Waals surface area contributed by atoms with Gasteiger partial charge in [-0.1, -0.05) is 42.5 Å². The standard InChI is InChI=1S/C28H35FN4O3S/c1-20(23-10-12-25(29)13-11-23)32-27(34)24-14-22(15-26(16-24)33(3)37(4,35)36)18-31-19-28(2,30)17-21-8-6-5-7-9-21/h5-16,20,31H,17-19,30H2,1-4H3,(H,32,34)/t20-,28?/m1/s1. The second-order valence-electron chi connectivity index (χ2n) is 9.79. The van der Waals surface area contributed by atoms with Gasteiger partial charge in [0.25, 0.3) is 5.91 Å². The van der Waals surface area contributed by atoms with E-state index in [0.717, 1.165) is 27.3 Å². The third-order valence-corrected chi connectivity index (χ3v) is 7.33. The number of benzene rings is 3. The van der Waals surface area contributed by atoms with Crippen molar-refractivity contribution in [3.05, 3.63) is 101 Å². The molecular formula is C28H35FN4O3S. The SMILES string of the molecule is C[C@@H](NC(=O)c1cc(CNCC(C)(N)Cc2ccccc2)cc(N(C)S(C)(=O)=O)c1)c1ccc(F)cc1. The Hall–Kier alpha value is -3.27. The average molecular weight is 527 g/mol. The summed E-state index contributed by atoms with van der Waals surface area (Å²) in [4.78, 5) is 13.1. The van der Waals surface area contributed by atoms with E-state index in [2.05, 4.69) is 10.6 Å². The van der Waals surface area contributed by atoms with Crippen molar-refractivity contribution in [2.24, 2.45) is 5.73 Å². The van der Waals surface area contributed by atoms with E-state index in [0.29, 0.717) is 30.8 Å². The van der Waals surface area contributed by atoms with Crippen LogP contribution in [0.5, 0.6) is 0 Å². The highest BCUT2D eigenvalue weighted by molar-refractivity contribution is 7.92. The Kier molecular flexibility index (Phi) is 9.07. The van der Waals surface area contributed by atoms with Crippen LogP contribution in [0, 0.1) is 5.82 Å². The van der Waals surface area contributed by atoms with Crippen molar-refractivity contribution in [2.75, 3.05) is 24.2 Å². The largest absolute Gasteiger partial charge is 0.346 e. The van der Waals surface area contributed by atoms with Crippen LogP contribution in [0.15, 0.2) is 72.8 Å². The van der Waals surface area contributed by atoms with Crippen molar-refractivity contribution in [1.29, 1.82) is 0 Å². The first kappa shape index (κ1) is 28.3. The fraction of sp³-hybridized carbons (Fsp3) is 0.321. The number of amides is 1. The van der Waals surface area contributed by atoms with E-state index < -0.39 is 15.6 Å². The molecule has 0 aliphatic carbocycles. The number of carbonyl (C=O) groups is 1. The molecule has 0 aliphatic rings. The predicted molar refractivity (Wildman–Crippen MR) is 146 cm³/mol. The molecule has 1 amide bonds. The van der Waals surface area contributed by atoms with Gasteiger partial charge in [-0.2, -0.15) is 0 Å². The smallest absolute Gasteiger partial charge is 0.251 e. The number of hydrogen-bond acceptors (Lipinski definition) is 5. The summed E-state index contributed by atoms with van der Waals surface area (Å²) >= 11 is 0. The summed E-state index contributed by atoms with van der Waals surface area (Å²) < 4.78 is 38.8. The molecule has 37 heavy (non-hydrogen) atoms. The van der Waals surface area contributed by atoms with Crippen molar-refractivity contribution >= 4 is 21.6 Å². The molecule has 3 rings (SSSR count). The molecule has 0 radical (unpaired) electrons. The summed E-state index contributed by atoms with van der Waals surface area (Å²) in [5.41, 5.74) is 9.33. The molecule has 0 bridgehead atoms. The topological polar surface area (TPSA) is 105 Å². The zero-order chi connectivity index (χ0) is 27.2. The summed E-state index contributed by atoms with van der Waals surface area (Å²) in [5, 5.41) is 6.25. The number of nitrogens with two attached hydrogens (primary N) is 1. The van der Waals surface area contributed by atoms with E-state index in [1.54, 1.807) is 37.3 Å². The number of sulfonamides is 1. The van der Waals surface area contributed by atoms with Gasteiger partial charge < -0.3 is 16.4 Å². The third kappa shape index (κ3) is 8.38. The third-order valence-electron chi connectivity index (χ3n) is 6.13. The minimum Gasteiger partial charge on any atom is -0.346 e. The van der Waals surface area contributed by atoms with Crippen LogP contribution in [-0.4, -0.2) is 39.7 Å². The van der Waals surface area contributed by atoms with Gasteiger partial charge in [0.2, 0.25) is 10.0 Å².